The van der Waals surface area contributed by atoms with Crippen LogP contribution in [0.1, 0.15) is 397 Å². The van der Waals surface area contributed by atoms with Gasteiger partial charge < -0.3 is 71.5 Å². The first-order chi connectivity index (χ1) is 67.0. The highest BCUT2D eigenvalue weighted by molar-refractivity contribution is 6.74. The molecule has 6 aliphatic heterocycles. The molecule has 6 spiro atoms. The van der Waals surface area contributed by atoms with Crippen LogP contribution in [0, 0.1) is 173 Å². The van der Waals surface area contributed by atoms with E-state index in [-0.39, 0.29) is 103 Å². The topological polar surface area (TPSA) is 240 Å². The molecule has 141 heavy (non-hydrogen) atoms. The lowest BCUT2D eigenvalue weighted by Crippen LogP contribution is -2.57. The quantitative estimate of drug-likeness (QED) is 0.136. The van der Waals surface area contributed by atoms with Crippen LogP contribution in [0.4, 0.5) is 0 Å². The monoisotopic (exact) mass is 2000 g/mol. The van der Waals surface area contributed by atoms with Crippen LogP contribution in [0.5, 0.6) is 0 Å². The molecule has 20 unspecified atom stereocenters. The van der Waals surface area contributed by atoms with Gasteiger partial charge >= 0.3 is 11.9 Å². The van der Waals surface area contributed by atoms with Crippen molar-refractivity contribution < 1.29 is 90.7 Å². The number of hydrogen-bond donors (Lipinski definition) is 3. The molecule has 26 rings (SSSR count). The van der Waals surface area contributed by atoms with E-state index < -0.39 is 16.6 Å². The summed E-state index contributed by atoms with van der Waals surface area (Å²) in [5.74, 6) is 14.7. The van der Waals surface area contributed by atoms with Crippen molar-refractivity contribution in [2.75, 3.05) is 72.7 Å². The maximum Gasteiger partial charge on any atom is 0.306 e. The van der Waals surface area contributed by atoms with E-state index in [2.05, 4.69) is 102 Å². The first-order valence-electron chi connectivity index (χ1n) is 59.8. The van der Waals surface area contributed by atoms with Gasteiger partial charge in [-0.15, -0.1) is 0 Å². The molecule has 0 aromatic carbocycles. The van der Waals surface area contributed by atoms with E-state index in [9.17, 15) is 34.5 Å². The third-order valence-electron chi connectivity index (χ3n) is 52.2. The van der Waals surface area contributed by atoms with Crippen LogP contribution in [0.15, 0.2) is 0 Å². The van der Waals surface area contributed by atoms with Crippen LogP contribution in [0.3, 0.4) is 0 Å². The number of aliphatic hydroxyl groups excluding tert-OH is 3. The molecule has 6 saturated heterocycles. The molecule has 796 valence electrons. The van der Waals surface area contributed by atoms with Gasteiger partial charge in [-0.1, -0.05) is 76.2 Å². The lowest BCUT2D eigenvalue weighted by molar-refractivity contribution is -0.231. The van der Waals surface area contributed by atoms with E-state index in [1.54, 1.807) is 0 Å². The molecule has 0 aromatic rings. The van der Waals surface area contributed by atoms with Gasteiger partial charge in [0, 0.05) is 118 Å². The van der Waals surface area contributed by atoms with Crippen molar-refractivity contribution in [3.05, 3.63) is 0 Å². The Kier molecular flexibility index (Phi) is 27.6. The minimum atomic E-state index is -1.78. The second kappa shape index (κ2) is 37.5. The number of Topliss-reactive ketones (excluding diaryl/α,β-unsaturated/α-hetero) is 2. The number of esters is 2. The van der Waals surface area contributed by atoms with Crippen molar-refractivity contribution >= 4 is 40.1 Å². The van der Waals surface area contributed by atoms with E-state index in [0.717, 1.165) is 284 Å². The Morgan fingerprint density at radius 2 is 0.652 bits per heavy atom. The van der Waals surface area contributed by atoms with Crippen LogP contribution in [-0.4, -0.2) is 176 Å². The third-order valence-corrected chi connectivity index (χ3v) is 61.3. The highest BCUT2D eigenvalue weighted by Gasteiger charge is 2.73. The lowest BCUT2D eigenvalue weighted by atomic mass is 9.44. The normalized spacial score (nSPS) is 49.2. The summed E-state index contributed by atoms with van der Waals surface area (Å²) in [7, 11) is -3.53. The molecule has 0 amide bonds. The van der Waals surface area contributed by atoms with Gasteiger partial charge in [0.1, 0.15) is 23.8 Å². The fourth-order valence-electron chi connectivity index (χ4n) is 42.5. The van der Waals surface area contributed by atoms with Crippen LogP contribution in [0.2, 0.25) is 36.3 Å². The zero-order chi connectivity index (χ0) is 98.8. The van der Waals surface area contributed by atoms with Gasteiger partial charge in [0.15, 0.2) is 39.8 Å². The summed E-state index contributed by atoms with van der Waals surface area (Å²) in [5.41, 5.74) is 2.42. The average molecular weight is 2000 g/mol. The van der Waals surface area contributed by atoms with E-state index in [4.69, 9.17) is 56.2 Å². The van der Waals surface area contributed by atoms with Crippen LogP contribution in [0.25, 0.3) is 0 Å². The standard InChI is InChI=1S/C28H50O4Si.C28H48O4Si.C22H32O4.C22H36O4.C20H28O3/c2*1-25(2,3)33(5,6)32-16-15-27-12-11-22-21(23(27)9-10-24(27)29)8-7-20-19-28(30-17-18-31-28)14-13-26(20,22)4;1-20-8-9-22(24-10-11-25-22)12-14(20)2-3-15-16(20)6-7-21-13-19(23)26-18(21)5-4-17(15)21;1-20-8-9-22(25-12-13-26-22)14-15(20)2-3-16-17(20)6-7-21(10-11-23)18(16)4-5-19(21)24;1-19-8-6-13(21)10-12(19)2-3-14-15(19)7-9-20-11-18(22)23-17(20)5-4-16(14)20/h20-24,29H,7-19H2,1-6H3;20-23H,7-19H2,1-6H3;14-18H,2-13H2,1H3;15-19,23-24H,2-14H2,1H3;12,14-17H,2-11H2,1H3/t20?,21?,22?,23?,24-,26-,27+;20?,21?,22?,23?,26-,27+;14?,15?,16?,17?,18-,20-,21+;15?,16?,17?,18?,19-,20-,21+;12?,14?,15?,16?,17-,19-,20+/m00000/s1. The summed E-state index contributed by atoms with van der Waals surface area (Å²) in [6.07, 6.45) is 56.8. The molecule has 0 radical (unpaired) electrons. The van der Waals surface area contributed by atoms with Crippen molar-refractivity contribution in [2.45, 2.75) is 481 Å². The second-order valence-electron chi connectivity index (χ2n) is 58.4. The molecule has 26 aliphatic rings. The molecule has 19 nitrogen and oxygen atoms in total. The first-order valence-corrected chi connectivity index (χ1v) is 65.6. The summed E-state index contributed by atoms with van der Waals surface area (Å²) >= 11 is 0. The largest absolute Gasteiger partial charge is 0.462 e. The van der Waals surface area contributed by atoms with Gasteiger partial charge in [0.25, 0.3) is 0 Å². The van der Waals surface area contributed by atoms with E-state index in [1.807, 2.05) is 0 Å². The Labute approximate surface area is 851 Å². The minimum absolute atomic E-state index is 0.00662. The maximum atomic E-state index is 13.4. The fraction of sp³-hybridized carbons (Fsp3) is 0.967. The number of ketones is 2. The van der Waals surface area contributed by atoms with Crippen LogP contribution < -0.4 is 0 Å². The van der Waals surface area contributed by atoms with Crippen molar-refractivity contribution in [1.29, 1.82) is 0 Å². The number of hydrogen-bond acceptors (Lipinski definition) is 19. The first kappa shape index (κ1) is 104. The molecule has 3 N–H and O–H groups in total. The second-order valence-corrected chi connectivity index (χ2v) is 68.0. The van der Waals surface area contributed by atoms with Gasteiger partial charge in [0.2, 0.25) is 0 Å². The smallest absolute Gasteiger partial charge is 0.306 e. The minimum Gasteiger partial charge on any atom is -0.462 e. The van der Waals surface area contributed by atoms with Gasteiger partial charge in [-0.3, -0.25) is 19.2 Å². The van der Waals surface area contributed by atoms with Crippen molar-refractivity contribution in [3.63, 3.8) is 0 Å². The van der Waals surface area contributed by atoms with Gasteiger partial charge in [-0.25, -0.2) is 0 Å². The molecular formula is C120H194O19Si2. The number of carbonyl (C=O) groups is 4. The van der Waals surface area contributed by atoms with Crippen molar-refractivity contribution in [1.82, 2.24) is 0 Å². The third kappa shape index (κ3) is 17.0. The van der Waals surface area contributed by atoms with Crippen molar-refractivity contribution in [3.8, 4) is 0 Å². The molecule has 20 aliphatic carbocycles. The van der Waals surface area contributed by atoms with Crippen LogP contribution >= 0.6 is 0 Å². The van der Waals surface area contributed by atoms with Crippen molar-refractivity contribution in [2.24, 2.45) is 173 Å². The Hall–Kier alpha value is -1.81. The summed E-state index contributed by atoms with van der Waals surface area (Å²) in [5, 5.41) is 32.3. The number of aliphatic hydroxyl groups is 3. The number of carbonyl (C=O) groups excluding carboxylic acids is 4. The molecule has 20 saturated carbocycles. The van der Waals surface area contributed by atoms with E-state index in [1.165, 1.54) is 167 Å². The summed E-state index contributed by atoms with van der Waals surface area (Å²) in [6, 6.07) is 0. The Bertz CT molecular complexity index is 4520. The summed E-state index contributed by atoms with van der Waals surface area (Å²) < 4.78 is 73.5. The fourth-order valence-corrected chi connectivity index (χ4v) is 44.6. The highest BCUT2D eigenvalue weighted by atomic mass is 28.4. The molecule has 0 bridgehead atoms. The molecule has 21 heteroatoms. The van der Waals surface area contributed by atoms with Gasteiger partial charge in [-0.05, 0) is 419 Å². The zero-order valence-electron chi connectivity index (χ0n) is 90.9. The van der Waals surface area contributed by atoms with Gasteiger partial charge in [-0.2, -0.15) is 0 Å². The Morgan fingerprint density at radius 3 is 1.03 bits per heavy atom. The number of fused-ring (bicyclic) bond motifs is 23. The predicted molar refractivity (Wildman–Crippen MR) is 547 cm³/mol. The van der Waals surface area contributed by atoms with Crippen LogP contribution in [-0.2, 0) is 75.4 Å². The number of rotatable bonds is 10. The molecule has 6 heterocycles. The Balaban J connectivity index is 0.000000102. The molecule has 26 fully saturated rings. The highest BCUT2D eigenvalue weighted by Crippen LogP contribution is 2.77. The molecular weight excluding hydrogens is 1800 g/mol. The van der Waals surface area contributed by atoms with E-state index in [0.29, 0.717) is 92.9 Å². The molecule has 34 atom stereocenters. The van der Waals surface area contributed by atoms with Gasteiger partial charge in [0.05, 0.1) is 77.9 Å². The SMILES string of the molecule is CC(C)(C)[Si](C)(C)OCC[C@]12CCC3C(CCC4CC5(CC[C@@]43C)OCCO5)C1CCC2=O.CC(C)(C)[Si](C)(C)OCC[C@]12CCC3C(CCC4CC5(CC[C@@]43C)OCCO5)C1CC[C@@H]2O.C[C@]12CCC(=O)CC1CCC1C2CC[C@]23CC(=O)O[C@H]2CCC13.C[C@]12CCC3(CC1CCC1C2CC[C@@]2(CCO)C1CC[C@@H]2O)OCCO3.C[C@]12CCC3(CC1CCC1C2CC[C@]24CC(=O)O[C@H]2CCC14)OCCO3. The maximum absolute atomic E-state index is 13.4. The summed E-state index contributed by atoms with van der Waals surface area (Å²) in [6.45, 7) is 44.1. The number of ether oxygens (including phenoxy) is 10. The average Bonchev–Trinajstić information content (AvgIpc) is 1.62. The Morgan fingerprint density at radius 1 is 0.326 bits per heavy atom. The molecule has 0 aromatic heterocycles. The lowest BCUT2D eigenvalue weighted by Gasteiger charge is -2.62. The summed E-state index contributed by atoms with van der Waals surface area (Å²) in [4.78, 5) is 49.3. The predicted octanol–water partition coefficient (Wildman–Crippen LogP) is 24.7. The van der Waals surface area contributed by atoms with E-state index >= 15 is 0 Å². The zero-order valence-corrected chi connectivity index (χ0v) is 92.9.